The van der Waals surface area contributed by atoms with Crippen LogP contribution in [0, 0.1) is 0 Å². The molecule has 108 valence electrons. The van der Waals surface area contributed by atoms with Crippen LogP contribution in [0.3, 0.4) is 0 Å². The van der Waals surface area contributed by atoms with Gasteiger partial charge < -0.3 is 5.32 Å². The van der Waals surface area contributed by atoms with E-state index in [2.05, 4.69) is 15.1 Å². The fourth-order valence-corrected chi connectivity index (χ4v) is 3.50. The zero-order valence-electron chi connectivity index (χ0n) is 11.9. The summed E-state index contributed by atoms with van der Waals surface area (Å²) >= 11 is 0. The van der Waals surface area contributed by atoms with Gasteiger partial charge in [0.2, 0.25) is 5.91 Å². The minimum Gasteiger partial charge on any atom is -0.352 e. The van der Waals surface area contributed by atoms with Gasteiger partial charge in [-0.15, -0.1) is 0 Å². The summed E-state index contributed by atoms with van der Waals surface area (Å²) in [4.78, 5) is 17.0. The maximum absolute atomic E-state index is 12.0. The van der Waals surface area contributed by atoms with Gasteiger partial charge in [0.15, 0.2) is 0 Å². The first-order chi connectivity index (χ1) is 9.31. The first-order valence-electron chi connectivity index (χ1n) is 8.07. The molecule has 4 nitrogen and oxygen atoms in total. The van der Waals surface area contributed by atoms with E-state index in [4.69, 9.17) is 0 Å². The van der Waals surface area contributed by atoms with Gasteiger partial charge in [-0.05, 0) is 45.2 Å². The summed E-state index contributed by atoms with van der Waals surface area (Å²) < 4.78 is 0. The van der Waals surface area contributed by atoms with Gasteiger partial charge in [0, 0.05) is 25.2 Å². The summed E-state index contributed by atoms with van der Waals surface area (Å²) in [5, 5.41) is 3.20. The van der Waals surface area contributed by atoms with E-state index in [9.17, 15) is 4.79 Å². The van der Waals surface area contributed by atoms with Gasteiger partial charge in [0.05, 0.1) is 6.54 Å². The van der Waals surface area contributed by atoms with Crippen LogP contribution < -0.4 is 5.32 Å². The molecule has 3 aliphatic rings. The molecular weight excluding hydrogens is 238 g/mol. The lowest BCUT2D eigenvalue weighted by atomic mass is 10.2. The Morgan fingerprint density at radius 2 is 1.74 bits per heavy atom. The Balaban J connectivity index is 1.40. The maximum Gasteiger partial charge on any atom is 0.234 e. The minimum absolute atomic E-state index is 0.242. The van der Waals surface area contributed by atoms with Gasteiger partial charge in [-0.1, -0.05) is 12.8 Å². The Morgan fingerprint density at radius 1 is 0.947 bits per heavy atom. The normalized spacial score (nSPS) is 27.4. The van der Waals surface area contributed by atoms with Crippen LogP contribution >= 0.6 is 0 Å². The standard InChI is InChI=1S/C15H27N3O/c19-15(16-13-4-1-2-5-13)12-17-8-3-9-18(11-10-17)14-6-7-14/h13-14H,1-12H2,(H,16,19). The van der Waals surface area contributed by atoms with Gasteiger partial charge in [0.25, 0.3) is 0 Å². The second-order valence-corrected chi connectivity index (χ2v) is 6.45. The zero-order valence-corrected chi connectivity index (χ0v) is 11.9. The van der Waals surface area contributed by atoms with E-state index in [-0.39, 0.29) is 5.91 Å². The lowest BCUT2D eigenvalue weighted by molar-refractivity contribution is -0.122. The van der Waals surface area contributed by atoms with Crippen LogP contribution in [0.5, 0.6) is 0 Å². The smallest absolute Gasteiger partial charge is 0.234 e. The molecule has 1 heterocycles. The molecule has 1 N–H and O–H groups in total. The van der Waals surface area contributed by atoms with Crippen LogP contribution in [0.15, 0.2) is 0 Å². The molecule has 3 fully saturated rings. The number of rotatable bonds is 4. The third-order valence-electron chi connectivity index (χ3n) is 4.77. The van der Waals surface area contributed by atoms with E-state index >= 15 is 0 Å². The highest BCUT2D eigenvalue weighted by Crippen LogP contribution is 2.27. The lowest BCUT2D eigenvalue weighted by Crippen LogP contribution is -2.42. The third kappa shape index (κ3) is 3.93. The van der Waals surface area contributed by atoms with Crippen LogP contribution in [-0.2, 0) is 4.79 Å². The van der Waals surface area contributed by atoms with Gasteiger partial charge >= 0.3 is 0 Å². The van der Waals surface area contributed by atoms with Crippen LogP contribution in [-0.4, -0.2) is 60.5 Å². The average molecular weight is 265 g/mol. The van der Waals surface area contributed by atoms with Crippen molar-refractivity contribution in [1.29, 1.82) is 0 Å². The second-order valence-electron chi connectivity index (χ2n) is 6.45. The van der Waals surface area contributed by atoms with Crippen molar-refractivity contribution in [1.82, 2.24) is 15.1 Å². The summed E-state index contributed by atoms with van der Waals surface area (Å²) in [5.41, 5.74) is 0. The quantitative estimate of drug-likeness (QED) is 0.830. The lowest BCUT2D eigenvalue weighted by Gasteiger charge is -2.22. The predicted octanol–water partition coefficient (Wildman–Crippen LogP) is 1.22. The Bertz CT molecular complexity index is 311. The van der Waals surface area contributed by atoms with Crippen molar-refractivity contribution in [2.24, 2.45) is 0 Å². The number of carbonyl (C=O) groups is 1. The van der Waals surface area contributed by atoms with Gasteiger partial charge in [0.1, 0.15) is 0 Å². The molecule has 0 atom stereocenters. The molecule has 0 radical (unpaired) electrons. The largest absolute Gasteiger partial charge is 0.352 e. The number of nitrogens with one attached hydrogen (secondary N) is 1. The van der Waals surface area contributed by atoms with Gasteiger partial charge in [-0.25, -0.2) is 0 Å². The molecule has 19 heavy (non-hydrogen) atoms. The van der Waals surface area contributed by atoms with Crippen LogP contribution in [0.25, 0.3) is 0 Å². The number of amides is 1. The van der Waals surface area contributed by atoms with Crippen molar-refractivity contribution in [3.8, 4) is 0 Å². The molecule has 3 rings (SSSR count). The van der Waals surface area contributed by atoms with Crippen LogP contribution in [0.4, 0.5) is 0 Å². The summed E-state index contributed by atoms with van der Waals surface area (Å²) in [6.45, 7) is 5.14. The highest BCUT2D eigenvalue weighted by molar-refractivity contribution is 5.78. The molecule has 1 aliphatic heterocycles. The highest BCUT2D eigenvalue weighted by Gasteiger charge is 2.30. The third-order valence-corrected chi connectivity index (χ3v) is 4.77. The molecule has 0 aromatic carbocycles. The Hall–Kier alpha value is -0.610. The molecule has 0 spiro atoms. The second kappa shape index (κ2) is 6.23. The molecular formula is C15H27N3O. The molecule has 0 bridgehead atoms. The van der Waals surface area contributed by atoms with Crippen LogP contribution in [0.1, 0.15) is 44.9 Å². The molecule has 2 aliphatic carbocycles. The molecule has 1 saturated heterocycles. The highest BCUT2D eigenvalue weighted by atomic mass is 16.2. The zero-order chi connectivity index (χ0) is 13.1. The molecule has 4 heteroatoms. The summed E-state index contributed by atoms with van der Waals surface area (Å²) in [6, 6.07) is 1.33. The number of hydrogen-bond donors (Lipinski definition) is 1. The van der Waals surface area contributed by atoms with Crippen molar-refractivity contribution in [2.45, 2.75) is 57.0 Å². The van der Waals surface area contributed by atoms with E-state index in [0.29, 0.717) is 12.6 Å². The topological polar surface area (TPSA) is 35.6 Å². The number of nitrogens with zero attached hydrogens (tertiary/aromatic N) is 2. The van der Waals surface area contributed by atoms with Crippen molar-refractivity contribution in [3.63, 3.8) is 0 Å². The van der Waals surface area contributed by atoms with Gasteiger partial charge in [-0.2, -0.15) is 0 Å². The first kappa shape index (κ1) is 13.4. The molecule has 2 saturated carbocycles. The van der Waals surface area contributed by atoms with Crippen molar-refractivity contribution in [3.05, 3.63) is 0 Å². The van der Waals surface area contributed by atoms with Crippen molar-refractivity contribution < 1.29 is 4.79 Å². The summed E-state index contributed by atoms with van der Waals surface area (Å²) in [5.74, 6) is 0.242. The Labute approximate surface area is 116 Å². The molecule has 0 unspecified atom stereocenters. The molecule has 0 aromatic rings. The molecule has 0 aromatic heterocycles. The molecule has 1 amide bonds. The van der Waals surface area contributed by atoms with Gasteiger partial charge in [-0.3, -0.25) is 14.6 Å². The van der Waals surface area contributed by atoms with Crippen molar-refractivity contribution >= 4 is 5.91 Å². The average Bonchev–Trinajstić information content (AvgIpc) is 3.14. The van der Waals surface area contributed by atoms with E-state index in [1.54, 1.807) is 0 Å². The van der Waals surface area contributed by atoms with E-state index in [0.717, 1.165) is 25.7 Å². The van der Waals surface area contributed by atoms with E-state index in [1.807, 2.05) is 0 Å². The minimum atomic E-state index is 0.242. The number of carbonyl (C=O) groups excluding carboxylic acids is 1. The fourth-order valence-electron chi connectivity index (χ4n) is 3.50. The summed E-state index contributed by atoms with van der Waals surface area (Å²) in [6.07, 6.45) is 8.93. The SMILES string of the molecule is O=C(CN1CCCN(C2CC2)CC1)NC1CCCC1. The Morgan fingerprint density at radius 3 is 2.47 bits per heavy atom. The predicted molar refractivity (Wildman–Crippen MR) is 76.1 cm³/mol. The monoisotopic (exact) mass is 265 g/mol. The fraction of sp³-hybridized carbons (Fsp3) is 0.933. The van der Waals surface area contributed by atoms with Crippen LogP contribution in [0.2, 0.25) is 0 Å². The van der Waals surface area contributed by atoms with E-state index < -0.39 is 0 Å². The first-order valence-corrected chi connectivity index (χ1v) is 8.07. The van der Waals surface area contributed by atoms with E-state index in [1.165, 1.54) is 51.5 Å². The Kier molecular flexibility index (Phi) is 4.38. The maximum atomic E-state index is 12.0. The summed E-state index contributed by atoms with van der Waals surface area (Å²) in [7, 11) is 0. The van der Waals surface area contributed by atoms with Crippen molar-refractivity contribution in [2.75, 3.05) is 32.7 Å². The number of hydrogen-bond acceptors (Lipinski definition) is 3.